The number of aromatic amines is 1. The van der Waals surface area contributed by atoms with Crippen LogP contribution >= 0.6 is 0 Å². The molecule has 0 unspecified atom stereocenters. The van der Waals surface area contributed by atoms with Gasteiger partial charge in [0.1, 0.15) is 5.82 Å². The maximum absolute atomic E-state index is 6.10. The van der Waals surface area contributed by atoms with E-state index in [2.05, 4.69) is 60.0 Å². The molecular weight excluding hydrogens is 310 g/mol. The monoisotopic (exact) mass is 331 g/mol. The van der Waals surface area contributed by atoms with Gasteiger partial charge in [0, 0.05) is 22.5 Å². The van der Waals surface area contributed by atoms with E-state index in [0.29, 0.717) is 11.8 Å². The van der Waals surface area contributed by atoms with Gasteiger partial charge < -0.3 is 16.5 Å². The Morgan fingerprint density at radius 3 is 2.40 bits per heavy atom. The van der Waals surface area contributed by atoms with Crippen molar-refractivity contribution in [3.05, 3.63) is 48.2 Å². The largest absolute Gasteiger partial charge is 0.383 e. The van der Waals surface area contributed by atoms with Crippen molar-refractivity contribution < 1.29 is 0 Å². The Hall–Kier alpha value is -3.08. The molecule has 0 radical (unpaired) electrons. The van der Waals surface area contributed by atoms with Crippen molar-refractivity contribution in [1.82, 2.24) is 15.0 Å². The van der Waals surface area contributed by atoms with Crippen LogP contribution in [0.2, 0.25) is 0 Å². The zero-order chi connectivity index (χ0) is 17.8. The number of hydrogen-bond acceptors (Lipinski definition) is 4. The number of rotatable bonds is 1. The lowest BCUT2D eigenvalue weighted by Gasteiger charge is -2.19. The number of hydrogen-bond donors (Lipinski definition) is 3. The maximum atomic E-state index is 6.10. The van der Waals surface area contributed by atoms with Gasteiger partial charge in [0.2, 0.25) is 0 Å². The van der Waals surface area contributed by atoms with Gasteiger partial charge in [0.15, 0.2) is 5.95 Å². The van der Waals surface area contributed by atoms with Gasteiger partial charge in [0.05, 0.1) is 11.0 Å². The molecule has 0 atom stereocenters. The first-order chi connectivity index (χ1) is 11.8. The predicted molar refractivity (Wildman–Crippen MR) is 104 cm³/mol. The van der Waals surface area contributed by atoms with Crippen LogP contribution in [0, 0.1) is 0 Å². The van der Waals surface area contributed by atoms with Gasteiger partial charge in [-0.15, -0.1) is 0 Å². The van der Waals surface area contributed by atoms with E-state index < -0.39 is 0 Å². The zero-order valence-corrected chi connectivity index (χ0v) is 14.6. The summed E-state index contributed by atoms with van der Waals surface area (Å²) in [6.45, 7) is 6.63. The van der Waals surface area contributed by atoms with E-state index in [1.807, 2.05) is 12.1 Å². The second-order valence-corrected chi connectivity index (χ2v) is 7.39. The minimum atomic E-state index is 0.123. The molecule has 126 valence electrons. The quantitative estimate of drug-likeness (QED) is 0.486. The number of nitrogen functional groups attached to an aromatic ring is 2. The molecule has 0 saturated heterocycles. The fourth-order valence-electron chi connectivity index (χ4n) is 3.28. The van der Waals surface area contributed by atoms with E-state index in [-0.39, 0.29) is 5.41 Å². The Labute approximate surface area is 146 Å². The lowest BCUT2D eigenvalue weighted by atomic mass is 9.86. The van der Waals surface area contributed by atoms with Gasteiger partial charge in [-0.3, -0.25) is 4.98 Å². The lowest BCUT2D eigenvalue weighted by Crippen LogP contribution is -2.10. The molecule has 0 spiro atoms. The highest BCUT2D eigenvalue weighted by Crippen LogP contribution is 2.36. The molecule has 2 aromatic heterocycles. The number of nitrogens with one attached hydrogen (secondary N) is 1. The summed E-state index contributed by atoms with van der Waals surface area (Å²) < 4.78 is 0. The van der Waals surface area contributed by atoms with Crippen molar-refractivity contribution >= 4 is 33.6 Å². The molecule has 5 nitrogen and oxygen atoms in total. The highest BCUT2D eigenvalue weighted by atomic mass is 15.0. The van der Waals surface area contributed by atoms with Gasteiger partial charge in [-0.1, -0.05) is 45.0 Å². The molecule has 0 aliphatic heterocycles. The Kier molecular flexibility index (Phi) is 3.22. The van der Waals surface area contributed by atoms with Crippen LogP contribution in [0.4, 0.5) is 11.8 Å². The van der Waals surface area contributed by atoms with Crippen molar-refractivity contribution in [2.75, 3.05) is 11.5 Å². The molecule has 0 aliphatic rings. The van der Waals surface area contributed by atoms with Crippen molar-refractivity contribution in [2.45, 2.75) is 26.2 Å². The van der Waals surface area contributed by atoms with Crippen LogP contribution in [0.5, 0.6) is 0 Å². The number of aromatic nitrogens is 3. The van der Waals surface area contributed by atoms with Crippen LogP contribution in [-0.2, 0) is 5.41 Å². The molecule has 25 heavy (non-hydrogen) atoms. The van der Waals surface area contributed by atoms with E-state index >= 15 is 0 Å². The smallest absolute Gasteiger partial charge is 0.199 e. The van der Waals surface area contributed by atoms with Gasteiger partial charge in [-0.25, -0.2) is 0 Å². The first-order valence-electron chi connectivity index (χ1n) is 8.28. The van der Waals surface area contributed by atoms with Crippen molar-refractivity contribution in [3.8, 4) is 11.1 Å². The summed E-state index contributed by atoms with van der Waals surface area (Å²) >= 11 is 0. The Bertz CT molecular complexity index is 1090. The SMILES string of the molecule is CC(C)(C)c1ccc(-c2cc3[nH]c(N)nc(N)c3c3ccnc23)cc1. The summed E-state index contributed by atoms with van der Waals surface area (Å²) in [4.78, 5) is 11.8. The first kappa shape index (κ1) is 15.4. The van der Waals surface area contributed by atoms with Crippen LogP contribution in [0.15, 0.2) is 42.6 Å². The molecular formula is C20H21N5. The molecule has 0 saturated carbocycles. The van der Waals surface area contributed by atoms with Crippen LogP contribution < -0.4 is 11.5 Å². The maximum Gasteiger partial charge on any atom is 0.199 e. The lowest BCUT2D eigenvalue weighted by molar-refractivity contribution is 0.590. The van der Waals surface area contributed by atoms with Gasteiger partial charge in [-0.2, -0.15) is 4.98 Å². The van der Waals surface area contributed by atoms with Crippen LogP contribution in [0.25, 0.3) is 32.9 Å². The molecule has 2 aromatic carbocycles. The Morgan fingerprint density at radius 1 is 1.00 bits per heavy atom. The van der Waals surface area contributed by atoms with Gasteiger partial charge >= 0.3 is 0 Å². The second-order valence-electron chi connectivity index (χ2n) is 7.39. The van der Waals surface area contributed by atoms with Crippen LogP contribution in [0.1, 0.15) is 26.3 Å². The summed E-state index contributed by atoms with van der Waals surface area (Å²) in [7, 11) is 0. The van der Waals surface area contributed by atoms with E-state index in [0.717, 1.165) is 32.9 Å². The highest BCUT2D eigenvalue weighted by Gasteiger charge is 2.16. The number of anilines is 2. The summed E-state index contributed by atoms with van der Waals surface area (Å²) in [5.74, 6) is 0.719. The number of H-pyrrole nitrogens is 1. The molecule has 0 aliphatic carbocycles. The van der Waals surface area contributed by atoms with Gasteiger partial charge in [-0.05, 0) is 28.7 Å². The number of nitrogens with zero attached hydrogens (tertiary/aromatic N) is 2. The molecule has 2 heterocycles. The topological polar surface area (TPSA) is 93.6 Å². The molecule has 0 bridgehead atoms. The van der Waals surface area contributed by atoms with Crippen molar-refractivity contribution in [3.63, 3.8) is 0 Å². The molecule has 4 aromatic rings. The van der Waals surface area contributed by atoms with Crippen LogP contribution in [-0.4, -0.2) is 15.0 Å². The molecule has 4 rings (SSSR count). The summed E-state index contributed by atoms with van der Waals surface area (Å²) in [5.41, 5.74) is 17.3. The minimum Gasteiger partial charge on any atom is -0.383 e. The average molecular weight is 331 g/mol. The molecule has 0 fully saturated rings. The van der Waals surface area contributed by atoms with Crippen molar-refractivity contribution in [1.29, 1.82) is 0 Å². The molecule has 5 heteroatoms. The third-order valence-corrected chi connectivity index (χ3v) is 4.60. The minimum absolute atomic E-state index is 0.123. The number of nitrogens with two attached hydrogens (primary N) is 2. The third kappa shape index (κ3) is 2.48. The molecule has 5 N–H and O–H groups in total. The normalized spacial score (nSPS) is 12.1. The third-order valence-electron chi connectivity index (χ3n) is 4.60. The fraction of sp³-hybridized carbons (Fsp3) is 0.200. The van der Waals surface area contributed by atoms with Crippen LogP contribution in [0.3, 0.4) is 0 Å². The van der Waals surface area contributed by atoms with Gasteiger partial charge in [0.25, 0.3) is 0 Å². The summed E-state index contributed by atoms with van der Waals surface area (Å²) in [6, 6.07) is 12.6. The van der Waals surface area contributed by atoms with Crippen molar-refractivity contribution in [2.24, 2.45) is 0 Å². The summed E-state index contributed by atoms with van der Waals surface area (Å²) in [6.07, 6.45) is 1.80. The number of fused-ring (bicyclic) bond motifs is 3. The predicted octanol–water partition coefficient (Wildman–Crippen LogP) is 4.24. The van der Waals surface area contributed by atoms with E-state index in [1.54, 1.807) is 6.20 Å². The second kappa shape index (κ2) is 5.21. The fourth-order valence-corrected chi connectivity index (χ4v) is 3.28. The zero-order valence-electron chi connectivity index (χ0n) is 14.6. The van der Waals surface area contributed by atoms with E-state index in [9.17, 15) is 0 Å². The first-order valence-corrected chi connectivity index (χ1v) is 8.28. The average Bonchev–Trinajstić information content (AvgIpc) is 3.02. The standard InChI is InChI=1S/C20H21N5/c1-20(2,3)12-6-4-11(5-7-12)14-10-15-16(13-8-9-23-17(13)14)18(21)25-19(22)24-15/h4-10H,21H2,1-3H3,(H3,22,24,25). The number of benzene rings is 2. The highest BCUT2D eigenvalue weighted by molar-refractivity contribution is 6.15. The summed E-state index contributed by atoms with van der Waals surface area (Å²) in [5, 5.41) is 1.84. The van der Waals surface area contributed by atoms with E-state index in [4.69, 9.17) is 11.5 Å². The Balaban J connectivity index is 1.99. The van der Waals surface area contributed by atoms with E-state index in [1.165, 1.54) is 5.56 Å². The Morgan fingerprint density at radius 2 is 1.72 bits per heavy atom. The molecule has 0 amide bonds.